The van der Waals surface area contributed by atoms with E-state index in [0.29, 0.717) is 6.54 Å². The summed E-state index contributed by atoms with van der Waals surface area (Å²) in [7, 11) is -3.61. The lowest BCUT2D eigenvalue weighted by Crippen LogP contribution is -2.25. The van der Waals surface area contributed by atoms with Gasteiger partial charge in [0.25, 0.3) is 0 Å². The van der Waals surface area contributed by atoms with E-state index in [1.54, 1.807) is 0 Å². The van der Waals surface area contributed by atoms with Crippen molar-refractivity contribution >= 4 is 15.7 Å². The first-order valence-corrected chi connectivity index (χ1v) is 11.0. The van der Waals surface area contributed by atoms with Gasteiger partial charge in [-0.05, 0) is 48.5 Å². The second-order valence-electron chi connectivity index (χ2n) is 6.58. The molecule has 0 bridgehead atoms. The van der Waals surface area contributed by atoms with Crippen molar-refractivity contribution in [3.63, 3.8) is 0 Å². The number of hydrogen-bond acceptors (Lipinski definition) is 4. The zero-order valence-corrected chi connectivity index (χ0v) is 17.1. The Kier molecular flexibility index (Phi) is 8.14. The maximum atomic E-state index is 12.9. The Morgan fingerprint density at radius 2 is 1.54 bits per heavy atom. The molecule has 1 amide bonds. The molecule has 152 valence electrons. The first-order chi connectivity index (χ1) is 13.3. The molecule has 0 saturated heterocycles. The Balaban J connectivity index is 1.81. The Bertz CT molecular complexity index is 862. The highest BCUT2D eigenvalue weighted by Gasteiger charge is 2.16. The summed E-state index contributed by atoms with van der Waals surface area (Å²) in [6, 6.07) is 12.6. The molecule has 2 rings (SSSR count). The molecule has 2 aromatic rings. The molecule has 0 aliphatic carbocycles. The summed E-state index contributed by atoms with van der Waals surface area (Å²) >= 11 is 0. The second-order valence-corrected chi connectivity index (χ2v) is 8.69. The minimum Gasteiger partial charge on any atom is -0.352 e. The van der Waals surface area contributed by atoms with E-state index in [2.05, 4.69) is 24.1 Å². The molecule has 0 fully saturated rings. The van der Waals surface area contributed by atoms with Gasteiger partial charge in [0.15, 0.2) is 9.84 Å². The number of amides is 1. The van der Waals surface area contributed by atoms with Gasteiger partial charge in [0, 0.05) is 19.5 Å². The number of carbonyl (C=O) groups is 1. The lowest BCUT2D eigenvalue weighted by atomic mass is 10.1. The van der Waals surface area contributed by atoms with Gasteiger partial charge in [0.05, 0.1) is 10.6 Å². The highest BCUT2D eigenvalue weighted by molar-refractivity contribution is 7.91. The van der Waals surface area contributed by atoms with Gasteiger partial charge in [-0.2, -0.15) is 0 Å². The minimum atomic E-state index is -3.61. The molecule has 0 radical (unpaired) electrons. The molecule has 7 heteroatoms. The van der Waals surface area contributed by atoms with Crippen LogP contribution < -0.4 is 5.32 Å². The van der Waals surface area contributed by atoms with Gasteiger partial charge < -0.3 is 5.32 Å². The van der Waals surface area contributed by atoms with Crippen molar-refractivity contribution in [1.29, 1.82) is 0 Å². The molecular weight excluding hydrogens is 379 g/mol. The molecule has 1 N–H and O–H groups in total. The van der Waals surface area contributed by atoms with E-state index in [0.717, 1.165) is 37.3 Å². The second kappa shape index (κ2) is 10.3. The predicted molar refractivity (Wildman–Crippen MR) is 108 cm³/mol. The summed E-state index contributed by atoms with van der Waals surface area (Å²) in [6.45, 7) is 7.49. The lowest BCUT2D eigenvalue weighted by molar-refractivity contribution is -0.120. The van der Waals surface area contributed by atoms with Gasteiger partial charge in [-0.3, -0.25) is 9.69 Å². The van der Waals surface area contributed by atoms with E-state index in [9.17, 15) is 17.6 Å². The van der Waals surface area contributed by atoms with Crippen LogP contribution in [-0.4, -0.2) is 38.1 Å². The fourth-order valence-corrected chi connectivity index (χ4v) is 3.98. The van der Waals surface area contributed by atoms with Crippen molar-refractivity contribution in [2.75, 3.05) is 18.8 Å². The van der Waals surface area contributed by atoms with E-state index < -0.39 is 15.7 Å². The number of nitrogens with one attached hydrogen (secondary N) is 1. The number of sulfone groups is 1. The highest BCUT2D eigenvalue weighted by Crippen LogP contribution is 2.13. The SMILES string of the molecule is CCN(CC)Cc1ccc(CNC(=O)CCS(=O)(=O)c2ccc(F)cc2)cc1. The Morgan fingerprint density at radius 1 is 0.964 bits per heavy atom. The minimum absolute atomic E-state index is 0.0190. The van der Waals surface area contributed by atoms with Crippen LogP contribution in [0.4, 0.5) is 4.39 Å². The Hall–Kier alpha value is -2.25. The molecule has 0 spiro atoms. The van der Waals surface area contributed by atoms with Crippen LogP contribution in [0.15, 0.2) is 53.4 Å². The highest BCUT2D eigenvalue weighted by atomic mass is 32.2. The first kappa shape index (κ1) is 22.0. The Morgan fingerprint density at radius 3 is 2.11 bits per heavy atom. The molecule has 28 heavy (non-hydrogen) atoms. The average molecular weight is 407 g/mol. The standard InChI is InChI=1S/C21H27FN2O3S/c1-3-24(4-2)16-18-7-5-17(6-8-18)15-23-21(25)13-14-28(26,27)20-11-9-19(22)10-12-20/h5-12H,3-4,13-16H2,1-2H3,(H,23,25). The van der Waals surface area contributed by atoms with Gasteiger partial charge in [0.1, 0.15) is 5.82 Å². The molecule has 5 nitrogen and oxygen atoms in total. The van der Waals surface area contributed by atoms with E-state index in [4.69, 9.17) is 0 Å². The maximum Gasteiger partial charge on any atom is 0.221 e. The van der Waals surface area contributed by atoms with E-state index in [1.165, 1.54) is 17.7 Å². The van der Waals surface area contributed by atoms with Gasteiger partial charge >= 0.3 is 0 Å². The van der Waals surface area contributed by atoms with Crippen molar-refractivity contribution in [2.45, 2.75) is 38.3 Å². The molecular formula is C21H27FN2O3S. The summed E-state index contributed by atoms with van der Waals surface area (Å²) in [5.74, 6) is -1.15. The topological polar surface area (TPSA) is 66.5 Å². The van der Waals surface area contributed by atoms with Crippen LogP contribution in [0.5, 0.6) is 0 Å². The van der Waals surface area contributed by atoms with Gasteiger partial charge in [0.2, 0.25) is 5.91 Å². The number of benzene rings is 2. The molecule has 0 aliphatic heterocycles. The number of carbonyl (C=O) groups excluding carboxylic acids is 1. The zero-order chi connectivity index (χ0) is 20.6. The smallest absolute Gasteiger partial charge is 0.221 e. The first-order valence-electron chi connectivity index (χ1n) is 9.39. The third-order valence-corrected chi connectivity index (χ3v) is 6.32. The number of halogens is 1. The third kappa shape index (κ3) is 6.73. The number of rotatable bonds is 10. The predicted octanol–water partition coefficient (Wildman–Crippen LogP) is 3.15. The van der Waals surface area contributed by atoms with Crippen LogP contribution >= 0.6 is 0 Å². The normalized spacial score (nSPS) is 11.6. The van der Waals surface area contributed by atoms with E-state index in [-0.39, 0.29) is 23.0 Å². The summed E-state index contributed by atoms with van der Waals surface area (Å²) in [4.78, 5) is 14.3. The molecule has 0 unspecified atom stereocenters. The molecule has 0 aliphatic rings. The third-order valence-electron chi connectivity index (χ3n) is 4.58. The molecule has 0 aromatic heterocycles. The summed E-state index contributed by atoms with van der Waals surface area (Å²) in [6.07, 6.45) is -0.139. The van der Waals surface area contributed by atoms with Crippen LogP contribution in [-0.2, 0) is 27.7 Å². The quantitative estimate of drug-likeness (QED) is 0.616. The number of nitrogens with zero attached hydrogens (tertiary/aromatic N) is 1. The van der Waals surface area contributed by atoms with Crippen molar-refractivity contribution in [2.24, 2.45) is 0 Å². The van der Waals surface area contributed by atoms with Crippen LogP contribution in [0.1, 0.15) is 31.4 Å². The van der Waals surface area contributed by atoms with Gasteiger partial charge in [-0.1, -0.05) is 38.1 Å². The number of hydrogen-bond donors (Lipinski definition) is 1. The van der Waals surface area contributed by atoms with Crippen LogP contribution in [0.3, 0.4) is 0 Å². The van der Waals surface area contributed by atoms with Crippen LogP contribution in [0.2, 0.25) is 0 Å². The zero-order valence-electron chi connectivity index (χ0n) is 16.3. The van der Waals surface area contributed by atoms with E-state index in [1.807, 2.05) is 24.3 Å². The fourth-order valence-electron chi connectivity index (χ4n) is 2.74. The molecule has 0 saturated carbocycles. The van der Waals surface area contributed by atoms with Gasteiger partial charge in [-0.15, -0.1) is 0 Å². The average Bonchev–Trinajstić information content (AvgIpc) is 2.70. The molecule has 0 atom stereocenters. The summed E-state index contributed by atoms with van der Waals surface area (Å²) in [5.41, 5.74) is 2.17. The molecule has 0 heterocycles. The summed E-state index contributed by atoms with van der Waals surface area (Å²) in [5, 5.41) is 2.74. The van der Waals surface area contributed by atoms with Crippen molar-refractivity contribution in [3.05, 3.63) is 65.5 Å². The largest absolute Gasteiger partial charge is 0.352 e. The van der Waals surface area contributed by atoms with Crippen molar-refractivity contribution in [3.8, 4) is 0 Å². The Labute approximate surface area is 166 Å². The van der Waals surface area contributed by atoms with E-state index >= 15 is 0 Å². The summed E-state index contributed by atoms with van der Waals surface area (Å²) < 4.78 is 37.3. The van der Waals surface area contributed by atoms with Crippen LogP contribution in [0, 0.1) is 5.82 Å². The lowest BCUT2D eigenvalue weighted by Gasteiger charge is -2.18. The van der Waals surface area contributed by atoms with Crippen LogP contribution in [0.25, 0.3) is 0 Å². The fraction of sp³-hybridized carbons (Fsp3) is 0.381. The van der Waals surface area contributed by atoms with Gasteiger partial charge in [-0.25, -0.2) is 12.8 Å². The molecule has 2 aromatic carbocycles. The van der Waals surface area contributed by atoms with Crippen molar-refractivity contribution in [1.82, 2.24) is 10.2 Å². The maximum absolute atomic E-state index is 12.9. The van der Waals surface area contributed by atoms with Crippen molar-refractivity contribution < 1.29 is 17.6 Å². The monoisotopic (exact) mass is 406 g/mol.